The fourth-order valence-electron chi connectivity index (χ4n) is 1.83. The van der Waals surface area contributed by atoms with Crippen LogP contribution in [0.1, 0.15) is 22.7 Å². The Morgan fingerprint density at radius 3 is 2.63 bits per heavy atom. The number of thioether (sulfide) groups is 1. The Labute approximate surface area is 124 Å². The summed E-state index contributed by atoms with van der Waals surface area (Å²) in [6, 6.07) is 14.5. The van der Waals surface area contributed by atoms with E-state index in [1.54, 1.807) is 11.8 Å². The van der Waals surface area contributed by atoms with Gasteiger partial charge in [0.05, 0.1) is 0 Å². The lowest BCUT2D eigenvalue weighted by atomic mass is 10.1. The van der Waals surface area contributed by atoms with Crippen molar-refractivity contribution < 1.29 is 0 Å². The van der Waals surface area contributed by atoms with E-state index >= 15 is 0 Å². The van der Waals surface area contributed by atoms with Gasteiger partial charge in [0.15, 0.2) is 0 Å². The highest BCUT2D eigenvalue weighted by Gasteiger charge is 2.08. The molecule has 0 aliphatic heterocycles. The Morgan fingerprint density at radius 1 is 1.16 bits per heavy atom. The standard InChI is InChI=1S/C16H18ClNS/c1-11-4-3-5-14(8-11)19-10-16(18)13-7-6-12(2)15(17)9-13/h3-9,16H,10,18H2,1-2H3. The van der Waals surface area contributed by atoms with Crippen LogP contribution >= 0.6 is 23.4 Å². The third-order valence-corrected chi connectivity index (χ3v) is 4.56. The van der Waals surface area contributed by atoms with Gasteiger partial charge >= 0.3 is 0 Å². The van der Waals surface area contributed by atoms with Crippen LogP contribution in [0, 0.1) is 13.8 Å². The molecule has 0 aromatic heterocycles. The van der Waals surface area contributed by atoms with Gasteiger partial charge in [-0.15, -0.1) is 11.8 Å². The van der Waals surface area contributed by atoms with E-state index in [4.69, 9.17) is 17.3 Å². The quantitative estimate of drug-likeness (QED) is 0.823. The van der Waals surface area contributed by atoms with Gasteiger partial charge in [0, 0.05) is 21.7 Å². The summed E-state index contributed by atoms with van der Waals surface area (Å²) in [7, 11) is 0. The molecule has 0 saturated carbocycles. The Morgan fingerprint density at radius 2 is 1.95 bits per heavy atom. The van der Waals surface area contributed by atoms with Gasteiger partial charge in [0.2, 0.25) is 0 Å². The van der Waals surface area contributed by atoms with Crippen molar-refractivity contribution in [3.05, 3.63) is 64.2 Å². The minimum atomic E-state index is 0.00334. The molecular weight excluding hydrogens is 274 g/mol. The van der Waals surface area contributed by atoms with Crippen LogP contribution in [0.3, 0.4) is 0 Å². The molecule has 0 aliphatic carbocycles. The van der Waals surface area contributed by atoms with Gasteiger partial charge < -0.3 is 5.73 Å². The van der Waals surface area contributed by atoms with E-state index in [9.17, 15) is 0 Å². The summed E-state index contributed by atoms with van der Waals surface area (Å²) in [6.45, 7) is 4.10. The highest BCUT2D eigenvalue weighted by atomic mass is 35.5. The zero-order valence-electron chi connectivity index (χ0n) is 11.2. The number of halogens is 1. The molecule has 0 aliphatic rings. The first kappa shape index (κ1) is 14.4. The second-order valence-corrected chi connectivity index (χ2v) is 6.24. The molecule has 1 unspecified atom stereocenters. The van der Waals surface area contributed by atoms with Crippen molar-refractivity contribution in [3.8, 4) is 0 Å². The highest BCUT2D eigenvalue weighted by molar-refractivity contribution is 7.99. The molecule has 0 saturated heterocycles. The second kappa shape index (κ2) is 6.47. The molecule has 0 fully saturated rings. The molecule has 0 radical (unpaired) electrons. The molecule has 2 aromatic rings. The second-order valence-electron chi connectivity index (χ2n) is 4.74. The summed E-state index contributed by atoms with van der Waals surface area (Å²) in [4.78, 5) is 1.26. The molecule has 0 heterocycles. The molecule has 19 heavy (non-hydrogen) atoms. The molecule has 2 rings (SSSR count). The number of hydrogen-bond acceptors (Lipinski definition) is 2. The summed E-state index contributed by atoms with van der Waals surface area (Å²) in [5.41, 5.74) is 9.68. The monoisotopic (exact) mass is 291 g/mol. The number of hydrogen-bond donors (Lipinski definition) is 1. The first-order chi connectivity index (χ1) is 9.06. The Hall–Kier alpha value is -0.960. The maximum atomic E-state index is 6.22. The molecule has 2 N–H and O–H groups in total. The van der Waals surface area contributed by atoms with Crippen LogP contribution in [0.4, 0.5) is 0 Å². The van der Waals surface area contributed by atoms with Crippen LogP contribution in [0.25, 0.3) is 0 Å². The smallest absolute Gasteiger partial charge is 0.0438 e. The van der Waals surface area contributed by atoms with Crippen molar-refractivity contribution >= 4 is 23.4 Å². The lowest BCUT2D eigenvalue weighted by Crippen LogP contribution is -2.13. The molecule has 0 amide bonds. The summed E-state index contributed by atoms with van der Waals surface area (Å²) in [6.07, 6.45) is 0. The lowest BCUT2D eigenvalue weighted by molar-refractivity contribution is 0.831. The van der Waals surface area contributed by atoms with Gasteiger partial charge in [-0.3, -0.25) is 0 Å². The van der Waals surface area contributed by atoms with E-state index in [-0.39, 0.29) is 6.04 Å². The third-order valence-electron chi connectivity index (χ3n) is 3.04. The predicted molar refractivity (Wildman–Crippen MR) is 85.0 cm³/mol. The van der Waals surface area contributed by atoms with Crippen molar-refractivity contribution in [3.63, 3.8) is 0 Å². The average Bonchev–Trinajstić information content (AvgIpc) is 2.39. The Bertz CT molecular complexity index is 568. The summed E-state index contributed by atoms with van der Waals surface area (Å²) < 4.78 is 0. The molecule has 2 aromatic carbocycles. The fourth-order valence-corrected chi connectivity index (χ4v) is 3.02. The van der Waals surface area contributed by atoms with Crippen molar-refractivity contribution in [2.24, 2.45) is 5.73 Å². The molecule has 0 bridgehead atoms. The van der Waals surface area contributed by atoms with E-state index in [1.165, 1.54) is 10.5 Å². The molecule has 1 atom stereocenters. The van der Waals surface area contributed by atoms with Gasteiger partial charge in [-0.1, -0.05) is 41.4 Å². The van der Waals surface area contributed by atoms with E-state index in [0.29, 0.717) is 0 Å². The van der Waals surface area contributed by atoms with Crippen molar-refractivity contribution in [1.29, 1.82) is 0 Å². The largest absolute Gasteiger partial charge is 0.323 e. The Balaban J connectivity index is 2.01. The normalized spacial score (nSPS) is 12.4. The number of aryl methyl sites for hydroxylation is 2. The summed E-state index contributed by atoms with van der Waals surface area (Å²) >= 11 is 7.91. The summed E-state index contributed by atoms with van der Waals surface area (Å²) in [5, 5.41) is 0.786. The van der Waals surface area contributed by atoms with Crippen LogP contribution < -0.4 is 5.73 Å². The van der Waals surface area contributed by atoms with Crippen LogP contribution in [-0.2, 0) is 0 Å². The topological polar surface area (TPSA) is 26.0 Å². The molecule has 1 nitrogen and oxygen atoms in total. The maximum absolute atomic E-state index is 6.22. The van der Waals surface area contributed by atoms with Gasteiger partial charge in [0.1, 0.15) is 0 Å². The zero-order chi connectivity index (χ0) is 13.8. The molecule has 0 spiro atoms. The maximum Gasteiger partial charge on any atom is 0.0438 e. The number of nitrogens with two attached hydrogens (primary N) is 1. The third kappa shape index (κ3) is 4.00. The van der Waals surface area contributed by atoms with E-state index in [2.05, 4.69) is 37.3 Å². The van der Waals surface area contributed by atoms with Gasteiger partial charge in [-0.05, 0) is 43.2 Å². The molecule has 100 valence electrons. The fraction of sp³-hybridized carbons (Fsp3) is 0.250. The molecular formula is C16H18ClNS. The zero-order valence-corrected chi connectivity index (χ0v) is 12.8. The van der Waals surface area contributed by atoms with Crippen molar-refractivity contribution in [2.75, 3.05) is 5.75 Å². The van der Waals surface area contributed by atoms with Gasteiger partial charge in [0.25, 0.3) is 0 Å². The first-order valence-corrected chi connectivity index (χ1v) is 7.64. The van der Waals surface area contributed by atoms with Crippen LogP contribution in [0.5, 0.6) is 0 Å². The van der Waals surface area contributed by atoms with Crippen LogP contribution in [-0.4, -0.2) is 5.75 Å². The predicted octanol–water partition coefficient (Wildman–Crippen LogP) is 4.75. The Kier molecular flexibility index (Phi) is 4.92. The highest BCUT2D eigenvalue weighted by Crippen LogP contribution is 2.26. The van der Waals surface area contributed by atoms with Crippen LogP contribution in [0.2, 0.25) is 5.02 Å². The summed E-state index contributed by atoms with van der Waals surface area (Å²) in [5.74, 6) is 0.850. The minimum absolute atomic E-state index is 0.00334. The average molecular weight is 292 g/mol. The first-order valence-electron chi connectivity index (χ1n) is 6.27. The van der Waals surface area contributed by atoms with Crippen LogP contribution in [0.15, 0.2) is 47.4 Å². The minimum Gasteiger partial charge on any atom is -0.323 e. The van der Waals surface area contributed by atoms with E-state index < -0.39 is 0 Å². The van der Waals surface area contributed by atoms with Crippen molar-refractivity contribution in [2.45, 2.75) is 24.8 Å². The SMILES string of the molecule is Cc1cccc(SCC(N)c2ccc(C)c(Cl)c2)c1. The number of benzene rings is 2. The number of rotatable bonds is 4. The van der Waals surface area contributed by atoms with E-state index in [0.717, 1.165) is 21.9 Å². The lowest BCUT2D eigenvalue weighted by Gasteiger charge is -2.13. The van der Waals surface area contributed by atoms with Crippen molar-refractivity contribution in [1.82, 2.24) is 0 Å². The van der Waals surface area contributed by atoms with Gasteiger partial charge in [-0.25, -0.2) is 0 Å². The molecule has 3 heteroatoms. The van der Waals surface area contributed by atoms with E-state index in [1.807, 2.05) is 19.1 Å². The van der Waals surface area contributed by atoms with Gasteiger partial charge in [-0.2, -0.15) is 0 Å².